The van der Waals surface area contributed by atoms with Crippen LogP contribution in [0.15, 0.2) is 0 Å². The first-order valence-corrected chi connectivity index (χ1v) is 6.19. The topological polar surface area (TPSA) is 48.0 Å². The van der Waals surface area contributed by atoms with Crippen molar-refractivity contribution < 1.29 is 19.0 Å². The molecule has 0 bridgehead atoms. The number of hydrogen-bond donors (Lipinski definition) is 0. The molecule has 0 atom stereocenters. The molecule has 0 aliphatic carbocycles. The maximum Gasteiger partial charge on any atom is 0.307 e. The highest BCUT2D eigenvalue weighted by Crippen LogP contribution is 1.95. The number of esters is 1. The molecule has 0 spiro atoms. The molecule has 0 amide bonds. The summed E-state index contributed by atoms with van der Waals surface area (Å²) >= 11 is 0. The van der Waals surface area contributed by atoms with E-state index in [4.69, 9.17) is 14.2 Å². The van der Waals surface area contributed by atoms with Crippen molar-refractivity contribution in [3.8, 4) is 0 Å². The highest BCUT2D eigenvalue weighted by atomic mass is 16.5. The van der Waals surface area contributed by atoms with Crippen LogP contribution in [0.5, 0.6) is 0 Å². The lowest BCUT2D eigenvalue weighted by atomic mass is 10.3. The lowest BCUT2D eigenvalue weighted by Gasteiger charge is -2.21. The molecule has 102 valence electrons. The van der Waals surface area contributed by atoms with Gasteiger partial charge in [-0.05, 0) is 13.8 Å². The summed E-state index contributed by atoms with van der Waals surface area (Å²) in [7, 11) is 1.67. The molecular formula is C12H25NO4. The van der Waals surface area contributed by atoms with Crippen LogP contribution in [0, 0.1) is 0 Å². The lowest BCUT2D eigenvalue weighted by molar-refractivity contribution is -0.143. The first-order valence-electron chi connectivity index (χ1n) is 6.19. The molecule has 0 unspecified atom stereocenters. The van der Waals surface area contributed by atoms with E-state index in [0.717, 1.165) is 19.7 Å². The van der Waals surface area contributed by atoms with Gasteiger partial charge >= 0.3 is 5.97 Å². The highest BCUT2D eigenvalue weighted by molar-refractivity contribution is 5.69. The molecule has 0 aromatic carbocycles. The average Bonchev–Trinajstić information content (AvgIpc) is 2.32. The van der Waals surface area contributed by atoms with Crippen molar-refractivity contribution in [1.82, 2.24) is 4.90 Å². The maximum atomic E-state index is 11.2. The smallest absolute Gasteiger partial charge is 0.307 e. The molecule has 0 fully saturated rings. The zero-order chi connectivity index (χ0) is 12.9. The van der Waals surface area contributed by atoms with Gasteiger partial charge < -0.3 is 14.2 Å². The van der Waals surface area contributed by atoms with Gasteiger partial charge in [0.25, 0.3) is 0 Å². The number of carbonyl (C=O) groups excluding carboxylic acids is 1. The van der Waals surface area contributed by atoms with Gasteiger partial charge in [-0.25, -0.2) is 0 Å². The fourth-order valence-electron chi connectivity index (χ4n) is 1.38. The van der Waals surface area contributed by atoms with Gasteiger partial charge in [0.05, 0.1) is 26.2 Å². The number of carbonyl (C=O) groups is 1. The van der Waals surface area contributed by atoms with E-state index in [1.54, 1.807) is 7.11 Å². The van der Waals surface area contributed by atoms with Crippen LogP contribution in [0.1, 0.15) is 20.3 Å². The highest BCUT2D eigenvalue weighted by Gasteiger charge is 2.08. The van der Waals surface area contributed by atoms with Crippen LogP contribution in [0.25, 0.3) is 0 Å². The Bertz CT molecular complexity index is 187. The summed E-state index contributed by atoms with van der Waals surface area (Å²) in [6.45, 7) is 8.60. The second kappa shape index (κ2) is 11.8. The first kappa shape index (κ1) is 16.4. The van der Waals surface area contributed by atoms with E-state index in [-0.39, 0.29) is 5.97 Å². The molecule has 0 saturated heterocycles. The Labute approximate surface area is 104 Å². The molecule has 0 aromatic rings. The quantitative estimate of drug-likeness (QED) is 0.401. The van der Waals surface area contributed by atoms with Crippen LogP contribution in [0.2, 0.25) is 0 Å². The summed E-state index contributed by atoms with van der Waals surface area (Å²) in [6, 6.07) is 0. The Hall–Kier alpha value is -0.650. The summed E-state index contributed by atoms with van der Waals surface area (Å²) in [5.41, 5.74) is 0. The number of rotatable bonds is 11. The number of nitrogens with zero attached hydrogens (tertiary/aromatic N) is 1. The summed E-state index contributed by atoms with van der Waals surface area (Å²) in [6.07, 6.45) is 0.420. The monoisotopic (exact) mass is 247 g/mol. The van der Waals surface area contributed by atoms with Crippen LogP contribution in [0.4, 0.5) is 0 Å². The van der Waals surface area contributed by atoms with Crippen LogP contribution in [0.3, 0.4) is 0 Å². The number of methoxy groups -OCH3 is 1. The van der Waals surface area contributed by atoms with Gasteiger partial charge in [-0.3, -0.25) is 9.69 Å². The Balaban J connectivity index is 3.78. The van der Waals surface area contributed by atoms with Gasteiger partial charge in [0.1, 0.15) is 0 Å². The average molecular weight is 247 g/mol. The molecule has 17 heavy (non-hydrogen) atoms. The van der Waals surface area contributed by atoms with Gasteiger partial charge in [0.2, 0.25) is 0 Å². The third-order valence-electron chi connectivity index (χ3n) is 2.31. The van der Waals surface area contributed by atoms with Crippen LogP contribution in [-0.4, -0.2) is 64.0 Å². The van der Waals surface area contributed by atoms with Crippen LogP contribution in [-0.2, 0) is 19.0 Å². The third-order valence-corrected chi connectivity index (χ3v) is 2.31. The maximum absolute atomic E-state index is 11.2. The predicted molar refractivity (Wildman–Crippen MR) is 66.1 cm³/mol. The lowest BCUT2D eigenvalue weighted by Crippen LogP contribution is -2.33. The molecular weight excluding hydrogens is 222 g/mol. The van der Waals surface area contributed by atoms with Crippen molar-refractivity contribution in [2.45, 2.75) is 20.3 Å². The second-order valence-corrected chi connectivity index (χ2v) is 3.59. The summed E-state index contributed by atoms with van der Waals surface area (Å²) < 4.78 is 15.2. The minimum Gasteiger partial charge on any atom is -0.466 e. The van der Waals surface area contributed by atoms with E-state index in [2.05, 4.69) is 4.90 Å². The van der Waals surface area contributed by atoms with E-state index in [9.17, 15) is 4.79 Å². The van der Waals surface area contributed by atoms with E-state index >= 15 is 0 Å². The predicted octanol–water partition coefficient (Wildman–Crippen LogP) is 0.925. The Kier molecular flexibility index (Phi) is 11.4. The van der Waals surface area contributed by atoms with Gasteiger partial charge in [-0.2, -0.15) is 0 Å². The van der Waals surface area contributed by atoms with Gasteiger partial charge in [-0.1, -0.05) is 0 Å². The normalized spacial score (nSPS) is 10.8. The number of ether oxygens (including phenoxy) is 3. The van der Waals surface area contributed by atoms with Crippen LogP contribution >= 0.6 is 0 Å². The first-order chi connectivity index (χ1) is 8.24. The minimum atomic E-state index is -0.147. The van der Waals surface area contributed by atoms with Gasteiger partial charge in [0.15, 0.2) is 0 Å². The molecule has 0 aliphatic rings. The van der Waals surface area contributed by atoms with Crippen molar-refractivity contribution in [1.29, 1.82) is 0 Å². The van der Waals surface area contributed by atoms with Crippen molar-refractivity contribution in [3.05, 3.63) is 0 Å². The molecule has 0 aliphatic heterocycles. The summed E-state index contributed by atoms with van der Waals surface area (Å²) in [5.74, 6) is -0.147. The minimum absolute atomic E-state index is 0.147. The van der Waals surface area contributed by atoms with Crippen molar-refractivity contribution in [2.75, 3.05) is 53.2 Å². The standard InChI is InChI=1S/C12H25NO4/c1-4-16-11-9-13(8-10-15-3)7-6-12(14)17-5-2/h4-11H2,1-3H3. The molecule has 0 rings (SSSR count). The van der Waals surface area contributed by atoms with Crippen LogP contribution < -0.4 is 0 Å². The number of hydrogen-bond acceptors (Lipinski definition) is 5. The third kappa shape index (κ3) is 10.2. The van der Waals surface area contributed by atoms with Crippen molar-refractivity contribution in [2.24, 2.45) is 0 Å². The SMILES string of the molecule is CCOCCN(CCOC)CCC(=O)OCC. The van der Waals surface area contributed by atoms with E-state index in [1.807, 2.05) is 13.8 Å². The molecule has 0 radical (unpaired) electrons. The van der Waals surface area contributed by atoms with Gasteiger partial charge in [-0.15, -0.1) is 0 Å². The van der Waals surface area contributed by atoms with Crippen molar-refractivity contribution in [3.63, 3.8) is 0 Å². The fourth-order valence-corrected chi connectivity index (χ4v) is 1.38. The fraction of sp³-hybridized carbons (Fsp3) is 0.917. The molecule has 5 nitrogen and oxygen atoms in total. The van der Waals surface area contributed by atoms with E-state index < -0.39 is 0 Å². The Morgan fingerprint density at radius 1 is 1.06 bits per heavy atom. The van der Waals surface area contributed by atoms with E-state index in [1.165, 1.54) is 0 Å². The zero-order valence-electron chi connectivity index (χ0n) is 11.2. The Morgan fingerprint density at radius 3 is 2.35 bits per heavy atom. The molecule has 5 heteroatoms. The molecule has 0 aromatic heterocycles. The zero-order valence-corrected chi connectivity index (χ0v) is 11.2. The molecule has 0 N–H and O–H groups in total. The van der Waals surface area contributed by atoms with Crippen molar-refractivity contribution >= 4 is 5.97 Å². The largest absolute Gasteiger partial charge is 0.466 e. The second-order valence-electron chi connectivity index (χ2n) is 3.59. The molecule has 0 heterocycles. The Morgan fingerprint density at radius 2 is 1.76 bits per heavy atom. The van der Waals surface area contributed by atoms with Gasteiger partial charge in [0, 0.05) is 33.4 Å². The van der Waals surface area contributed by atoms with E-state index in [0.29, 0.717) is 32.8 Å². The molecule has 0 saturated carbocycles. The summed E-state index contributed by atoms with van der Waals surface area (Å²) in [5, 5.41) is 0. The summed E-state index contributed by atoms with van der Waals surface area (Å²) in [4.78, 5) is 13.4.